The predicted molar refractivity (Wildman–Crippen MR) is 94.9 cm³/mol. The van der Waals surface area contributed by atoms with Gasteiger partial charge in [-0.05, 0) is 34.5 Å². The van der Waals surface area contributed by atoms with E-state index in [1.54, 1.807) is 28.7 Å². The molecule has 0 bridgehead atoms. The molecule has 1 amide bonds. The maximum Gasteiger partial charge on any atom is 0.242 e. The first-order valence-corrected chi connectivity index (χ1v) is 8.83. The number of hydrazone groups is 1. The number of amides is 1. The Balaban J connectivity index is 1.73. The molecule has 1 unspecified atom stereocenters. The fourth-order valence-electron chi connectivity index (χ4n) is 2.95. The molecule has 0 radical (unpaired) electrons. The average Bonchev–Trinajstić information content (AvgIpc) is 3.30. The molecule has 1 aliphatic heterocycles. The SMILES string of the molecule is CCC(=O)N1N=C(c2ccsc2)CC1c1ccc2nccnc2c1. The van der Waals surface area contributed by atoms with Crippen molar-refractivity contribution in [3.05, 3.63) is 58.5 Å². The van der Waals surface area contributed by atoms with Crippen molar-refractivity contribution < 1.29 is 4.79 Å². The molecule has 2 aromatic heterocycles. The second-order valence-corrected chi connectivity index (χ2v) is 6.46. The molecule has 5 nitrogen and oxygen atoms in total. The minimum absolute atomic E-state index is 0.0319. The zero-order chi connectivity index (χ0) is 16.5. The molecule has 0 saturated carbocycles. The topological polar surface area (TPSA) is 58.5 Å². The highest BCUT2D eigenvalue weighted by molar-refractivity contribution is 7.08. The van der Waals surface area contributed by atoms with Crippen molar-refractivity contribution in [2.45, 2.75) is 25.8 Å². The lowest BCUT2D eigenvalue weighted by atomic mass is 9.99. The molecule has 4 rings (SSSR count). The first kappa shape index (κ1) is 15.0. The number of nitrogens with zero attached hydrogens (tertiary/aromatic N) is 4. The summed E-state index contributed by atoms with van der Waals surface area (Å²) in [6.45, 7) is 1.86. The summed E-state index contributed by atoms with van der Waals surface area (Å²) < 4.78 is 0. The molecular weight excluding hydrogens is 320 g/mol. The Kier molecular flexibility index (Phi) is 3.82. The summed E-state index contributed by atoms with van der Waals surface area (Å²) in [4.78, 5) is 21.0. The van der Waals surface area contributed by atoms with Crippen LogP contribution in [0.2, 0.25) is 0 Å². The second-order valence-electron chi connectivity index (χ2n) is 5.67. The molecule has 120 valence electrons. The normalized spacial score (nSPS) is 17.3. The number of fused-ring (bicyclic) bond motifs is 1. The van der Waals surface area contributed by atoms with Gasteiger partial charge in [0.25, 0.3) is 0 Å². The van der Waals surface area contributed by atoms with Crippen molar-refractivity contribution in [1.29, 1.82) is 0 Å². The smallest absolute Gasteiger partial charge is 0.242 e. The maximum atomic E-state index is 12.4. The molecule has 0 N–H and O–H groups in total. The van der Waals surface area contributed by atoms with Crippen LogP contribution in [0.25, 0.3) is 11.0 Å². The summed E-state index contributed by atoms with van der Waals surface area (Å²) >= 11 is 1.64. The lowest BCUT2D eigenvalue weighted by Crippen LogP contribution is -2.26. The van der Waals surface area contributed by atoms with Gasteiger partial charge in [0.15, 0.2) is 0 Å². The van der Waals surface area contributed by atoms with Crippen LogP contribution in [0.4, 0.5) is 0 Å². The lowest BCUT2D eigenvalue weighted by Gasteiger charge is -2.21. The van der Waals surface area contributed by atoms with Crippen molar-refractivity contribution in [3.8, 4) is 0 Å². The fraction of sp³-hybridized carbons (Fsp3) is 0.222. The lowest BCUT2D eigenvalue weighted by molar-refractivity contribution is -0.132. The molecule has 3 heterocycles. The molecule has 1 aliphatic rings. The highest BCUT2D eigenvalue weighted by Gasteiger charge is 2.32. The van der Waals surface area contributed by atoms with Crippen LogP contribution in [0.1, 0.15) is 36.9 Å². The molecular formula is C18H16N4OS. The van der Waals surface area contributed by atoms with Crippen LogP contribution < -0.4 is 0 Å². The average molecular weight is 336 g/mol. The Hall–Kier alpha value is -2.60. The van der Waals surface area contributed by atoms with Crippen molar-refractivity contribution in [2.75, 3.05) is 0 Å². The largest absolute Gasteiger partial charge is 0.273 e. The van der Waals surface area contributed by atoms with E-state index in [-0.39, 0.29) is 11.9 Å². The zero-order valence-corrected chi connectivity index (χ0v) is 14.0. The van der Waals surface area contributed by atoms with E-state index >= 15 is 0 Å². The maximum absolute atomic E-state index is 12.4. The Morgan fingerprint density at radius 1 is 1.25 bits per heavy atom. The number of hydrogen-bond donors (Lipinski definition) is 0. The van der Waals surface area contributed by atoms with Gasteiger partial charge in [-0.3, -0.25) is 14.8 Å². The molecule has 1 aromatic carbocycles. The Morgan fingerprint density at radius 2 is 2.08 bits per heavy atom. The minimum Gasteiger partial charge on any atom is -0.273 e. The summed E-state index contributed by atoms with van der Waals surface area (Å²) in [5, 5.41) is 10.3. The van der Waals surface area contributed by atoms with E-state index in [0.717, 1.165) is 27.9 Å². The van der Waals surface area contributed by atoms with Crippen LogP contribution in [0.5, 0.6) is 0 Å². The quantitative estimate of drug-likeness (QED) is 0.731. The van der Waals surface area contributed by atoms with Crippen molar-refractivity contribution >= 4 is 34.0 Å². The summed E-state index contributed by atoms with van der Waals surface area (Å²) in [5.74, 6) is 0.0319. The van der Waals surface area contributed by atoms with Gasteiger partial charge in [-0.25, -0.2) is 5.01 Å². The molecule has 0 saturated heterocycles. The summed E-state index contributed by atoms with van der Waals surface area (Å²) in [6, 6.07) is 7.94. The number of aromatic nitrogens is 2. The van der Waals surface area contributed by atoms with Gasteiger partial charge in [0.1, 0.15) is 0 Å². The monoisotopic (exact) mass is 336 g/mol. The highest BCUT2D eigenvalue weighted by atomic mass is 32.1. The Labute approximate surface area is 143 Å². The molecule has 1 atom stereocenters. The van der Waals surface area contributed by atoms with Crippen LogP contribution in [-0.2, 0) is 4.79 Å². The van der Waals surface area contributed by atoms with Crippen LogP contribution in [0, 0.1) is 0 Å². The second kappa shape index (κ2) is 6.13. The Bertz CT molecular complexity index is 920. The van der Waals surface area contributed by atoms with Crippen molar-refractivity contribution in [1.82, 2.24) is 15.0 Å². The molecule has 0 aliphatic carbocycles. The van der Waals surface area contributed by atoms with Gasteiger partial charge in [0, 0.05) is 30.8 Å². The summed E-state index contributed by atoms with van der Waals surface area (Å²) in [7, 11) is 0. The summed E-state index contributed by atoms with van der Waals surface area (Å²) in [5.41, 5.74) is 4.78. The van der Waals surface area contributed by atoms with E-state index in [1.165, 1.54) is 0 Å². The van der Waals surface area contributed by atoms with Gasteiger partial charge in [-0.15, -0.1) is 0 Å². The van der Waals surface area contributed by atoms with Crippen molar-refractivity contribution in [2.24, 2.45) is 5.10 Å². The number of thiophene rings is 1. The van der Waals surface area contributed by atoms with E-state index in [9.17, 15) is 4.79 Å². The van der Waals surface area contributed by atoms with Gasteiger partial charge in [-0.1, -0.05) is 13.0 Å². The van der Waals surface area contributed by atoms with Crippen LogP contribution in [0.15, 0.2) is 52.5 Å². The molecule has 3 aromatic rings. The van der Waals surface area contributed by atoms with Crippen molar-refractivity contribution in [3.63, 3.8) is 0 Å². The number of carbonyl (C=O) groups excluding carboxylic acids is 1. The third-order valence-corrected chi connectivity index (χ3v) is 4.88. The first-order chi connectivity index (χ1) is 11.8. The predicted octanol–water partition coefficient (Wildman–Crippen LogP) is 3.78. The number of benzene rings is 1. The van der Waals surface area contributed by atoms with Crippen LogP contribution in [0.3, 0.4) is 0 Å². The van der Waals surface area contributed by atoms with E-state index in [2.05, 4.69) is 20.4 Å². The Morgan fingerprint density at radius 3 is 2.83 bits per heavy atom. The fourth-order valence-corrected chi connectivity index (χ4v) is 3.62. The minimum atomic E-state index is -0.0845. The van der Waals surface area contributed by atoms with Gasteiger partial charge < -0.3 is 0 Å². The standard InChI is InChI=1S/C18H16N4OS/c1-2-18(23)22-17(10-15(21-22)13-5-8-24-11-13)12-3-4-14-16(9-12)20-7-6-19-14/h3-9,11,17H,2,10H2,1H3. The third kappa shape index (κ3) is 2.59. The van der Waals surface area contributed by atoms with Crippen LogP contribution in [-0.4, -0.2) is 26.6 Å². The van der Waals surface area contributed by atoms with E-state index in [0.29, 0.717) is 12.8 Å². The molecule has 6 heteroatoms. The van der Waals surface area contributed by atoms with Crippen LogP contribution >= 0.6 is 11.3 Å². The van der Waals surface area contributed by atoms with E-state index in [1.807, 2.05) is 36.6 Å². The molecule has 0 fully saturated rings. The van der Waals surface area contributed by atoms with Gasteiger partial charge in [0.2, 0.25) is 5.91 Å². The first-order valence-electron chi connectivity index (χ1n) is 7.89. The van der Waals surface area contributed by atoms with E-state index < -0.39 is 0 Å². The molecule has 0 spiro atoms. The number of rotatable bonds is 3. The molecule has 24 heavy (non-hydrogen) atoms. The van der Waals surface area contributed by atoms with Gasteiger partial charge in [-0.2, -0.15) is 16.4 Å². The summed E-state index contributed by atoms with van der Waals surface area (Å²) in [6.07, 6.45) is 4.52. The third-order valence-electron chi connectivity index (χ3n) is 4.20. The number of hydrogen-bond acceptors (Lipinski definition) is 5. The highest BCUT2D eigenvalue weighted by Crippen LogP contribution is 2.34. The van der Waals surface area contributed by atoms with Gasteiger partial charge >= 0.3 is 0 Å². The van der Waals surface area contributed by atoms with E-state index in [4.69, 9.17) is 0 Å². The number of carbonyl (C=O) groups is 1. The zero-order valence-electron chi connectivity index (χ0n) is 13.2. The van der Waals surface area contributed by atoms with Gasteiger partial charge in [0.05, 0.1) is 22.8 Å².